The third-order valence-electron chi connectivity index (χ3n) is 4.74. The molecule has 4 aromatic rings. The second-order valence-corrected chi connectivity index (χ2v) is 10.3. The molecule has 2 heterocycles. The van der Waals surface area contributed by atoms with Crippen LogP contribution in [-0.2, 0) is 30.0 Å². The first-order valence-corrected chi connectivity index (χ1v) is 13.3. The SMILES string of the molecule is O=C(Cc1scc(Cl)c1-c1ccccc1)[O][Al+][O]C(=O)Cc1scc(Cl)c1-c1ccccc1. The van der Waals surface area contributed by atoms with Gasteiger partial charge < -0.3 is 0 Å². The summed E-state index contributed by atoms with van der Waals surface area (Å²) in [4.78, 5) is 26.3. The quantitative estimate of drug-likeness (QED) is 0.234. The molecule has 0 saturated heterocycles. The molecule has 2 aromatic heterocycles. The van der Waals surface area contributed by atoms with Crippen molar-refractivity contribution in [1.82, 2.24) is 0 Å². The number of carbonyl (C=O) groups excluding carboxylic acids is 2. The van der Waals surface area contributed by atoms with Gasteiger partial charge in [-0.25, -0.2) is 0 Å². The first kappa shape index (κ1) is 24.0. The second kappa shape index (κ2) is 11.3. The Bertz CT molecular complexity index is 1160. The number of hydrogen-bond acceptors (Lipinski definition) is 6. The summed E-state index contributed by atoms with van der Waals surface area (Å²) in [5.74, 6) is -0.921. The molecule has 2 aromatic carbocycles. The Hall–Kier alpha value is -2.11. The molecule has 0 aliphatic carbocycles. The fourth-order valence-electron chi connectivity index (χ4n) is 3.29. The zero-order chi connectivity index (χ0) is 23.2. The van der Waals surface area contributed by atoms with Gasteiger partial charge in [-0.2, -0.15) is 0 Å². The molecule has 9 heteroatoms. The number of thiophene rings is 2. The number of halogens is 2. The molecule has 0 spiro atoms. The van der Waals surface area contributed by atoms with E-state index in [9.17, 15) is 9.59 Å². The van der Waals surface area contributed by atoms with E-state index in [1.54, 1.807) is 10.8 Å². The van der Waals surface area contributed by atoms with Crippen LogP contribution in [0.25, 0.3) is 22.3 Å². The molecule has 0 unspecified atom stereocenters. The van der Waals surface area contributed by atoms with Crippen LogP contribution in [0.1, 0.15) is 9.75 Å². The predicted octanol–water partition coefficient (Wildman–Crippen LogP) is 6.86. The molecule has 0 N–H and O–H groups in total. The van der Waals surface area contributed by atoms with E-state index in [0.717, 1.165) is 32.0 Å². The van der Waals surface area contributed by atoms with Crippen molar-refractivity contribution in [3.8, 4) is 22.3 Å². The fraction of sp³-hybridized carbons (Fsp3) is 0.0833. The van der Waals surface area contributed by atoms with Gasteiger partial charge in [0.1, 0.15) is 0 Å². The van der Waals surface area contributed by atoms with Crippen molar-refractivity contribution in [2.45, 2.75) is 12.8 Å². The van der Waals surface area contributed by atoms with Crippen molar-refractivity contribution < 1.29 is 17.2 Å². The van der Waals surface area contributed by atoms with Crippen molar-refractivity contribution in [1.29, 1.82) is 0 Å². The molecule has 0 amide bonds. The zero-order valence-corrected chi connectivity index (χ0v) is 21.4. The first-order chi connectivity index (χ1) is 16.0. The van der Waals surface area contributed by atoms with Gasteiger partial charge in [-0.05, 0) is 0 Å². The number of hydrogen-bond donors (Lipinski definition) is 0. The van der Waals surface area contributed by atoms with E-state index in [4.69, 9.17) is 30.8 Å². The third-order valence-corrected chi connectivity index (χ3v) is 8.28. The van der Waals surface area contributed by atoms with E-state index in [-0.39, 0.29) is 12.8 Å². The van der Waals surface area contributed by atoms with E-state index >= 15 is 0 Å². The average Bonchev–Trinajstić information content (AvgIpc) is 3.36. The molecule has 0 bridgehead atoms. The zero-order valence-electron chi connectivity index (χ0n) is 17.1. The summed E-state index contributed by atoms with van der Waals surface area (Å²) in [6.45, 7) is 0. The summed E-state index contributed by atoms with van der Waals surface area (Å²) in [6, 6.07) is 19.3. The summed E-state index contributed by atoms with van der Waals surface area (Å²) in [5, 5.41) is 4.79. The van der Waals surface area contributed by atoms with Gasteiger partial charge in [0.05, 0.1) is 0 Å². The molecular weight excluding hydrogens is 514 g/mol. The van der Waals surface area contributed by atoms with E-state index in [2.05, 4.69) is 0 Å². The molecular formula is C24H16AlCl2O4S2+. The number of benzene rings is 2. The third kappa shape index (κ3) is 6.07. The van der Waals surface area contributed by atoms with Gasteiger partial charge in [0.15, 0.2) is 0 Å². The molecule has 33 heavy (non-hydrogen) atoms. The van der Waals surface area contributed by atoms with Crippen molar-refractivity contribution in [2.24, 2.45) is 0 Å². The van der Waals surface area contributed by atoms with Crippen LogP contribution in [0.2, 0.25) is 10.0 Å². The van der Waals surface area contributed by atoms with Crippen LogP contribution in [0.5, 0.6) is 0 Å². The van der Waals surface area contributed by atoms with E-state index < -0.39 is 27.8 Å². The van der Waals surface area contributed by atoms with E-state index in [1.807, 2.05) is 60.7 Å². The topological polar surface area (TPSA) is 52.6 Å². The molecule has 0 fully saturated rings. The molecule has 0 aliphatic heterocycles. The summed E-state index contributed by atoms with van der Waals surface area (Å²) in [5.41, 5.74) is 3.53. The minimum absolute atomic E-state index is 0.0604. The summed E-state index contributed by atoms with van der Waals surface area (Å²) < 4.78 is 10.4. The van der Waals surface area contributed by atoms with Crippen molar-refractivity contribution in [3.05, 3.63) is 91.2 Å². The maximum absolute atomic E-state index is 12.3. The molecule has 164 valence electrons. The van der Waals surface area contributed by atoms with Crippen molar-refractivity contribution >= 4 is 73.7 Å². The van der Waals surface area contributed by atoms with E-state index in [0.29, 0.717) is 10.0 Å². The Morgan fingerprint density at radius 1 is 0.697 bits per heavy atom. The Kier molecular flexibility index (Phi) is 8.26. The van der Waals surface area contributed by atoms with Gasteiger partial charge in [0, 0.05) is 0 Å². The fourth-order valence-corrected chi connectivity index (χ4v) is 6.37. The Labute approximate surface area is 216 Å². The monoisotopic (exact) mass is 529 g/mol. The molecule has 0 radical (unpaired) electrons. The Balaban J connectivity index is 1.32. The molecule has 0 aliphatic rings. The molecule has 4 nitrogen and oxygen atoms in total. The van der Waals surface area contributed by atoms with Crippen LogP contribution in [-0.4, -0.2) is 27.8 Å². The standard InChI is InChI=1S/2C12H9ClO2S.Al/c2*13-9-7-16-10(6-11(14)15)12(9)8-4-2-1-3-5-8;/h2*1-5,7H,6H2,(H,14,15);/q;;+3/p-2. The predicted molar refractivity (Wildman–Crippen MR) is 135 cm³/mol. The van der Waals surface area contributed by atoms with Gasteiger partial charge in [-0.15, -0.1) is 0 Å². The summed E-state index contributed by atoms with van der Waals surface area (Å²) >= 11 is 14.2. The van der Waals surface area contributed by atoms with Gasteiger partial charge in [-0.1, -0.05) is 0 Å². The minimum atomic E-state index is -1.26. The van der Waals surface area contributed by atoms with Gasteiger partial charge >= 0.3 is 217 Å². The van der Waals surface area contributed by atoms with E-state index in [1.165, 1.54) is 22.7 Å². The first-order valence-electron chi connectivity index (χ1n) is 9.86. The number of rotatable bonds is 8. The van der Waals surface area contributed by atoms with Gasteiger partial charge in [0.25, 0.3) is 0 Å². The van der Waals surface area contributed by atoms with Crippen LogP contribution in [0.4, 0.5) is 0 Å². The van der Waals surface area contributed by atoms with Crippen LogP contribution in [0.15, 0.2) is 71.4 Å². The normalized spacial score (nSPS) is 10.5. The van der Waals surface area contributed by atoms with Gasteiger partial charge in [-0.3, -0.25) is 0 Å². The Morgan fingerprint density at radius 2 is 1.09 bits per heavy atom. The van der Waals surface area contributed by atoms with Crippen LogP contribution in [0, 0.1) is 0 Å². The summed E-state index contributed by atoms with van der Waals surface area (Å²) in [6.07, 6.45) is 0.121. The molecule has 0 saturated carbocycles. The maximum atomic E-state index is 12.3. The summed E-state index contributed by atoms with van der Waals surface area (Å²) in [7, 11) is 0. The molecule has 4 rings (SSSR count). The van der Waals surface area contributed by atoms with Crippen LogP contribution < -0.4 is 0 Å². The van der Waals surface area contributed by atoms with Crippen LogP contribution >= 0.6 is 45.9 Å². The van der Waals surface area contributed by atoms with Gasteiger partial charge in [0.2, 0.25) is 0 Å². The van der Waals surface area contributed by atoms with Crippen molar-refractivity contribution in [2.75, 3.05) is 0 Å². The average molecular weight is 530 g/mol. The number of carbonyl (C=O) groups is 2. The Morgan fingerprint density at radius 3 is 1.48 bits per heavy atom. The van der Waals surface area contributed by atoms with Crippen LogP contribution in [0.3, 0.4) is 0 Å². The second-order valence-electron chi connectivity index (χ2n) is 6.93. The molecule has 0 atom stereocenters. The van der Waals surface area contributed by atoms with Crippen molar-refractivity contribution in [3.63, 3.8) is 0 Å².